The third kappa shape index (κ3) is 2.63. The third-order valence-electron chi connectivity index (χ3n) is 1.49. The van der Waals surface area contributed by atoms with Gasteiger partial charge in [0.2, 0.25) is 5.91 Å². The number of rotatable bonds is 2. The van der Waals surface area contributed by atoms with Crippen LogP contribution in [0.25, 0.3) is 0 Å². The van der Waals surface area contributed by atoms with Crippen molar-refractivity contribution < 1.29 is 9.22 Å². The van der Waals surface area contributed by atoms with Crippen molar-refractivity contribution in [2.45, 2.75) is 32.2 Å². The maximum atomic E-state index is 11.0. The summed E-state index contributed by atoms with van der Waals surface area (Å²) in [5.74, 6) is 0.0624. The normalized spacial score (nSPS) is 25.4. The molecule has 0 aromatic heterocycles. The van der Waals surface area contributed by atoms with Crippen LogP contribution in [0.4, 0.5) is 0 Å². The van der Waals surface area contributed by atoms with Gasteiger partial charge in [-0.1, -0.05) is 0 Å². The molecule has 0 spiro atoms. The largest absolute Gasteiger partial charge is 0.406 e. The highest BCUT2D eigenvalue weighted by Crippen LogP contribution is 2.12. The minimum absolute atomic E-state index is 0.0624. The zero-order valence-electron chi connectivity index (χ0n) is 7.31. The van der Waals surface area contributed by atoms with Crippen molar-refractivity contribution in [1.82, 2.24) is 5.32 Å². The Morgan fingerprint density at radius 1 is 1.55 bits per heavy atom. The van der Waals surface area contributed by atoms with Crippen molar-refractivity contribution in [1.29, 1.82) is 0 Å². The van der Waals surface area contributed by atoms with Crippen molar-refractivity contribution in [3.63, 3.8) is 0 Å². The van der Waals surface area contributed by atoms with Crippen LogP contribution in [-0.2, 0) is 9.22 Å². The van der Waals surface area contributed by atoms with Gasteiger partial charge in [-0.3, -0.25) is 4.79 Å². The molecule has 0 bridgehead atoms. The van der Waals surface area contributed by atoms with Crippen LogP contribution in [-0.4, -0.2) is 26.9 Å². The smallest absolute Gasteiger partial charge is 0.247 e. The summed E-state index contributed by atoms with van der Waals surface area (Å²) in [5, 5.41) is 2.75. The summed E-state index contributed by atoms with van der Waals surface area (Å²) in [7, 11) is -1.52. The predicted molar refractivity (Wildman–Crippen MR) is 45.8 cm³/mol. The molecule has 0 aromatic rings. The molecule has 0 unspecified atom stereocenters. The molecule has 3 nitrogen and oxygen atoms in total. The van der Waals surface area contributed by atoms with Crippen LogP contribution < -0.4 is 5.32 Å². The van der Waals surface area contributed by atoms with Crippen LogP contribution in [0.1, 0.15) is 6.42 Å². The maximum absolute atomic E-state index is 11.0. The SMILES string of the molecule is C[Si](C)(C)O[C@H]1CCNC1=O. The minimum Gasteiger partial charge on any atom is -0.406 e. The molecule has 0 saturated carbocycles. The van der Waals surface area contributed by atoms with Crippen molar-refractivity contribution in [2.24, 2.45) is 0 Å². The molecule has 1 heterocycles. The topological polar surface area (TPSA) is 38.3 Å². The van der Waals surface area contributed by atoms with E-state index in [0.717, 1.165) is 13.0 Å². The van der Waals surface area contributed by atoms with E-state index in [9.17, 15) is 4.79 Å². The number of hydrogen-bond acceptors (Lipinski definition) is 2. The molecule has 0 radical (unpaired) electrons. The van der Waals surface area contributed by atoms with Gasteiger partial charge in [0.15, 0.2) is 8.32 Å². The molecular formula is C7H15NO2Si. The second kappa shape index (κ2) is 2.95. The maximum Gasteiger partial charge on any atom is 0.247 e. The summed E-state index contributed by atoms with van der Waals surface area (Å²) >= 11 is 0. The van der Waals surface area contributed by atoms with Gasteiger partial charge in [0.1, 0.15) is 6.10 Å². The van der Waals surface area contributed by atoms with E-state index in [2.05, 4.69) is 25.0 Å². The fourth-order valence-electron chi connectivity index (χ4n) is 1.11. The first-order valence-corrected chi connectivity index (χ1v) is 7.35. The molecule has 1 aliphatic rings. The van der Waals surface area contributed by atoms with Gasteiger partial charge in [-0.2, -0.15) is 0 Å². The monoisotopic (exact) mass is 173 g/mol. The molecular weight excluding hydrogens is 158 g/mol. The second-order valence-corrected chi connectivity index (χ2v) is 8.26. The molecule has 1 fully saturated rings. The van der Waals surface area contributed by atoms with Crippen LogP contribution in [0.5, 0.6) is 0 Å². The van der Waals surface area contributed by atoms with Crippen molar-refractivity contribution in [3.05, 3.63) is 0 Å². The molecule has 4 heteroatoms. The minimum atomic E-state index is -1.52. The molecule has 1 saturated heterocycles. The molecule has 1 N–H and O–H groups in total. The van der Waals surface area contributed by atoms with Crippen LogP contribution in [0.15, 0.2) is 0 Å². The van der Waals surface area contributed by atoms with Gasteiger partial charge in [0, 0.05) is 6.54 Å². The highest BCUT2D eigenvalue weighted by atomic mass is 28.4. The van der Waals surface area contributed by atoms with Gasteiger partial charge in [0.25, 0.3) is 0 Å². The molecule has 1 atom stereocenters. The Kier molecular flexibility index (Phi) is 2.34. The molecule has 64 valence electrons. The van der Waals surface area contributed by atoms with E-state index in [0.29, 0.717) is 0 Å². The summed E-state index contributed by atoms with van der Waals surface area (Å²) in [4.78, 5) is 11.0. The van der Waals surface area contributed by atoms with E-state index in [1.165, 1.54) is 0 Å². The molecule has 1 rings (SSSR count). The molecule has 1 aliphatic heterocycles. The third-order valence-corrected chi connectivity index (χ3v) is 2.49. The summed E-state index contributed by atoms with van der Waals surface area (Å²) in [5.41, 5.74) is 0. The van der Waals surface area contributed by atoms with Gasteiger partial charge in [-0.15, -0.1) is 0 Å². The van der Waals surface area contributed by atoms with Crippen LogP contribution >= 0.6 is 0 Å². The lowest BCUT2D eigenvalue weighted by atomic mass is 10.3. The Morgan fingerprint density at radius 2 is 2.18 bits per heavy atom. The Morgan fingerprint density at radius 3 is 2.55 bits per heavy atom. The average Bonchev–Trinajstić information content (AvgIpc) is 2.12. The first-order valence-electron chi connectivity index (χ1n) is 3.94. The average molecular weight is 173 g/mol. The van der Waals surface area contributed by atoms with Gasteiger partial charge >= 0.3 is 0 Å². The zero-order valence-corrected chi connectivity index (χ0v) is 8.31. The summed E-state index contributed by atoms with van der Waals surface area (Å²) < 4.78 is 5.64. The number of carbonyl (C=O) groups is 1. The van der Waals surface area contributed by atoms with E-state index in [1.54, 1.807) is 0 Å². The highest BCUT2D eigenvalue weighted by Gasteiger charge is 2.29. The predicted octanol–water partition coefficient (Wildman–Crippen LogP) is 0.726. The van der Waals surface area contributed by atoms with E-state index >= 15 is 0 Å². The van der Waals surface area contributed by atoms with Gasteiger partial charge in [0.05, 0.1) is 0 Å². The number of amides is 1. The Bertz CT molecular complexity index is 164. The lowest BCUT2D eigenvalue weighted by Gasteiger charge is -2.20. The van der Waals surface area contributed by atoms with Crippen molar-refractivity contribution in [2.75, 3.05) is 6.54 Å². The first-order chi connectivity index (χ1) is 4.99. The van der Waals surface area contributed by atoms with Crippen LogP contribution in [0.2, 0.25) is 19.6 Å². The second-order valence-electron chi connectivity index (χ2n) is 3.80. The Hall–Kier alpha value is -0.353. The number of hydrogen-bond donors (Lipinski definition) is 1. The lowest BCUT2D eigenvalue weighted by molar-refractivity contribution is -0.125. The zero-order chi connectivity index (χ0) is 8.48. The lowest BCUT2D eigenvalue weighted by Crippen LogP contribution is -2.36. The molecule has 11 heavy (non-hydrogen) atoms. The van der Waals surface area contributed by atoms with Gasteiger partial charge in [-0.25, -0.2) is 0 Å². The Labute approximate surface area is 68.3 Å². The van der Waals surface area contributed by atoms with Crippen LogP contribution in [0.3, 0.4) is 0 Å². The van der Waals surface area contributed by atoms with E-state index in [1.807, 2.05) is 0 Å². The van der Waals surface area contributed by atoms with Gasteiger partial charge < -0.3 is 9.74 Å². The Balaban J connectivity index is 2.43. The van der Waals surface area contributed by atoms with Crippen LogP contribution in [0, 0.1) is 0 Å². The summed E-state index contributed by atoms with van der Waals surface area (Å²) in [6, 6.07) is 0. The van der Waals surface area contributed by atoms with E-state index < -0.39 is 8.32 Å². The molecule has 0 aromatic carbocycles. The fourth-order valence-corrected chi connectivity index (χ4v) is 2.19. The van der Waals surface area contributed by atoms with Crippen molar-refractivity contribution >= 4 is 14.2 Å². The van der Waals surface area contributed by atoms with Crippen molar-refractivity contribution in [3.8, 4) is 0 Å². The molecule has 0 aliphatic carbocycles. The highest BCUT2D eigenvalue weighted by molar-refractivity contribution is 6.69. The quantitative estimate of drug-likeness (QED) is 0.625. The van der Waals surface area contributed by atoms with Gasteiger partial charge in [-0.05, 0) is 26.1 Å². The first kappa shape index (κ1) is 8.74. The van der Waals surface area contributed by atoms with E-state index in [4.69, 9.17) is 4.43 Å². The fraction of sp³-hybridized carbons (Fsp3) is 0.857. The molecule has 1 amide bonds. The standard InChI is InChI=1S/C7H15NO2Si/c1-11(2,3)10-6-4-5-8-7(6)9/h6H,4-5H2,1-3H3,(H,8,9)/t6-/m0/s1. The van der Waals surface area contributed by atoms with E-state index in [-0.39, 0.29) is 12.0 Å². The summed E-state index contributed by atoms with van der Waals surface area (Å²) in [6.45, 7) is 7.06. The number of carbonyl (C=O) groups excluding carboxylic acids is 1. The number of nitrogens with one attached hydrogen (secondary N) is 1. The summed E-state index contributed by atoms with van der Waals surface area (Å²) in [6.07, 6.45) is 0.671.